The van der Waals surface area contributed by atoms with Gasteiger partial charge in [0.1, 0.15) is 0 Å². The monoisotopic (exact) mass is 405 g/mol. The number of rotatable bonds is 5. The van der Waals surface area contributed by atoms with Gasteiger partial charge in [-0.3, -0.25) is 14.6 Å². The molecule has 0 saturated carbocycles. The van der Waals surface area contributed by atoms with Crippen LogP contribution in [-0.2, 0) is 11.2 Å². The maximum atomic E-state index is 12.9. The molecule has 0 bridgehead atoms. The topological polar surface area (TPSA) is 76.3 Å². The third kappa shape index (κ3) is 4.07. The van der Waals surface area contributed by atoms with Gasteiger partial charge < -0.3 is 10.6 Å². The number of likely N-dealkylation sites (tertiary alicyclic amines) is 1. The summed E-state index contributed by atoms with van der Waals surface area (Å²) in [5.74, 6) is -0.419. The minimum Gasteiger partial charge on any atom is -0.369 e. The molecule has 0 aliphatic carbocycles. The van der Waals surface area contributed by atoms with E-state index in [1.807, 2.05) is 6.07 Å². The Labute approximate surface area is 174 Å². The molecule has 3 heterocycles. The smallest absolute Gasteiger partial charge is 0.253 e. The zero-order valence-corrected chi connectivity index (χ0v) is 16.9. The summed E-state index contributed by atoms with van der Waals surface area (Å²) >= 11 is 1.70. The lowest BCUT2D eigenvalue weighted by Crippen LogP contribution is -2.53. The number of hydrogen-bond donors (Lipinski definition) is 1. The highest BCUT2D eigenvalue weighted by Crippen LogP contribution is 2.35. The van der Waals surface area contributed by atoms with Crippen molar-refractivity contribution in [2.75, 3.05) is 13.1 Å². The molecular formula is C23H23N3O2S. The van der Waals surface area contributed by atoms with E-state index in [0.29, 0.717) is 31.5 Å². The molecule has 6 heteroatoms. The van der Waals surface area contributed by atoms with E-state index in [9.17, 15) is 9.59 Å². The van der Waals surface area contributed by atoms with Crippen LogP contribution in [0.25, 0.3) is 10.4 Å². The molecule has 5 nitrogen and oxygen atoms in total. The fraction of sp³-hybridized carbons (Fsp3) is 0.261. The van der Waals surface area contributed by atoms with Crippen LogP contribution in [0.4, 0.5) is 0 Å². The van der Waals surface area contributed by atoms with Gasteiger partial charge in [-0.2, -0.15) is 0 Å². The summed E-state index contributed by atoms with van der Waals surface area (Å²) < 4.78 is 0. The van der Waals surface area contributed by atoms with Crippen LogP contribution in [0.15, 0.2) is 66.3 Å². The van der Waals surface area contributed by atoms with Crippen LogP contribution >= 0.6 is 11.3 Å². The lowest BCUT2D eigenvalue weighted by Gasteiger charge is -2.41. The van der Waals surface area contributed by atoms with Gasteiger partial charge in [0.05, 0.1) is 5.41 Å². The van der Waals surface area contributed by atoms with E-state index in [-0.39, 0.29) is 11.8 Å². The molecule has 148 valence electrons. The van der Waals surface area contributed by atoms with E-state index in [0.717, 1.165) is 17.5 Å². The highest BCUT2D eigenvalue weighted by Gasteiger charge is 2.42. The van der Waals surface area contributed by atoms with Crippen molar-refractivity contribution in [2.24, 2.45) is 11.1 Å². The van der Waals surface area contributed by atoms with E-state index in [2.05, 4.69) is 40.7 Å². The zero-order valence-electron chi connectivity index (χ0n) is 16.1. The Kier molecular flexibility index (Phi) is 5.45. The second-order valence-electron chi connectivity index (χ2n) is 7.56. The minimum absolute atomic E-state index is 0.0780. The van der Waals surface area contributed by atoms with Gasteiger partial charge in [-0.25, -0.2) is 0 Å². The summed E-state index contributed by atoms with van der Waals surface area (Å²) in [5, 5.41) is 2.06. The molecule has 0 radical (unpaired) electrons. The first-order valence-corrected chi connectivity index (χ1v) is 10.6. The van der Waals surface area contributed by atoms with Crippen LogP contribution in [0.3, 0.4) is 0 Å². The Morgan fingerprint density at radius 3 is 2.52 bits per heavy atom. The van der Waals surface area contributed by atoms with Gasteiger partial charge in [-0.1, -0.05) is 30.3 Å². The zero-order chi connectivity index (χ0) is 20.3. The highest BCUT2D eigenvalue weighted by atomic mass is 32.1. The van der Waals surface area contributed by atoms with Crippen LogP contribution in [0.1, 0.15) is 28.8 Å². The lowest BCUT2D eigenvalue weighted by molar-refractivity contribution is -0.130. The summed E-state index contributed by atoms with van der Waals surface area (Å²) in [6.45, 7) is 0.976. The highest BCUT2D eigenvalue weighted by molar-refractivity contribution is 7.13. The first-order valence-electron chi connectivity index (χ1n) is 9.69. The van der Waals surface area contributed by atoms with Gasteiger partial charge in [0, 0.05) is 35.9 Å². The van der Waals surface area contributed by atoms with Crippen molar-refractivity contribution in [3.05, 3.63) is 77.4 Å². The van der Waals surface area contributed by atoms with Crippen LogP contribution in [0.5, 0.6) is 0 Å². The molecule has 1 fully saturated rings. The van der Waals surface area contributed by atoms with Crippen molar-refractivity contribution in [3.63, 3.8) is 0 Å². The molecule has 2 aromatic heterocycles. The third-order valence-corrected chi connectivity index (χ3v) is 6.54. The van der Waals surface area contributed by atoms with E-state index in [1.54, 1.807) is 40.8 Å². The number of pyridine rings is 1. The number of thiophene rings is 1. The fourth-order valence-corrected chi connectivity index (χ4v) is 4.77. The third-order valence-electron chi connectivity index (χ3n) is 5.62. The maximum absolute atomic E-state index is 12.9. The van der Waals surface area contributed by atoms with Gasteiger partial charge in [-0.05, 0) is 54.0 Å². The average molecular weight is 406 g/mol. The number of nitrogens with two attached hydrogens (primary N) is 1. The molecule has 0 spiro atoms. The summed E-state index contributed by atoms with van der Waals surface area (Å²) in [4.78, 5) is 32.3. The standard InChI is InChI=1S/C23H23N3O2S/c24-22(28)23(15-17-4-6-18(7-5-17)20-3-1-14-29-20)10-2-13-26(16-23)21(27)19-8-11-25-12-9-19/h1,3-9,11-12,14H,2,10,13,15-16H2,(H2,24,28)/t23-/m0/s1. The molecule has 0 unspecified atom stereocenters. The first-order chi connectivity index (χ1) is 14.1. The Bertz CT molecular complexity index is 987. The van der Waals surface area contributed by atoms with Gasteiger partial charge in [-0.15, -0.1) is 11.3 Å². The molecule has 1 atom stereocenters. The molecule has 1 aliphatic rings. The fourth-order valence-electron chi connectivity index (χ4n) is 4.04. The quantitative estimate of drug-likeness (QED) is 0.702. The summed E-state index contributed by atoms with van der Waals surface area (Å²) in [6, 6.07) is 15.8. The van der Waals surface area contributed by atoms with Gasteiger partial charge in [0.15, 0.2) is 0 Å². The summed E-state index contributed by atoms with van der Waals surface area (Å²) in [6.07, 6.45) is 5.19. The maximum Gasteiger partial charge on any atom is 0.253 e. The van der Waals surface area contributed by atoms with Crippen molar-refractivity contribution in [1.29, 1.82) is 0 Å². The SMILES string of the molecule is NC(=O)[C@]1(Cc2ccc(-c3cccs3)cc2)CCCN(C(=O)c2ccncc2)C1. The van der Waals surface area contributed by atoms with Crippen molar-refractivity contribution in [2.45, 2.75) is 19.3 Å². The summed E-state index contributed by atoms with van der Waals surface area (Å²) in [7, 11) is 0. The van der Waals surface area contributed by atoms with Gasteiger partial charge in [0.25, 0.3) is 5.91 Å². The number of amides is 2. The number of aromatic nitrogens is 1. The molecule has 29 heavy (non-hydrogen) atoms. The first kappa shape index (κ1) is 19.3. The number of hydrogen-bond acceptors (Lipinski definition) is 4. The number of nitrogens with zero attached hydrogens (tertiary/aromatic N) is 2. The second kappa shape index (κ2) is 8.17. The number of piperidine rings is 1. The number of benzene rings is 1. The second-order valence-corrected chi connectivity index (χ2v) is 8.51. The molecular weight excluding hydrogens is 382 g/mol. The van der Waals surface area contributed by atoms with Crippen LogP contribution in [-0.4, -0.2) is 34.8 Å². The van der Waals surface area contributed by atoms with Crippen molar-refractivity contribution < 1.29 is 9.59 Å². The van der Waals surface area contributed by atoms with E-state index >= 15 is 0 Å². The Balaban J connectivity index is 1.54. The molecule has 2 N–H and O–H groups in total. The van der Waals surface area contributed by atoms with Crippen molar-refractivity contribution in [1.82, 2.24) is 9.88 Å². The Morgan fingerprint density at radius 2 is 1.86 bits per heavy atom. The molecule has 1 saturated heterocycles. The van der Waals surface area contributed by atoms with Gasteiger partial charge in [0.2, 0.25) is 5.91 Å². The van der Waals surface area contributed by atoms with E-state index in [1.165, 1.54) is 4.88 Å². The predicted molar refractivity (Wildman–Crippen MR) is 114 cm³/mol. The van der Waals surface area contributed by atoms with Gasteiger partial charge >= 0.3 is 0 Å². The molecule has 1 aliphatic heterocycles. The minimum atomic E-state index is -0.745. The Hall–Kier alpha value is -2.99. The van der Waals surface area contributed by atoms with Crippen molar-refractivity contribution >= 4 is 23.2 Å². The van der Waals surface area contributed by atoms with Crippen molar-refractivity contribution in [3.8, 4) is 10.4 Å². The lowest BCUT2D eigenvalue weighted by atomic mass is 9.74. The predicted octanol–water partition coefficient (Wildman–Crippen LogP) is 3.76. The molecule has 4 rings (SSSR count). The van der Waals surface area contributed by atoms with Crippen LogP contribution < -0.4 is 5.73 Å². The van der Waals surface area contributed by atoms with Crippen LogP contribution in [0.2, 0.25) is 0 Å². The summed E-state index contributed by atoms with van der Waals surface area (Å²) in [5.41, 5.74) is 7.93. The molecule has 1 aromatic carbocycles. The van der Waals surface area contributed by atoms with E-state index in [4.69, 9.17) is 5.73 Å². The largest absolute Gasteiger partial charge is 0.369 e. The van der Waals surface area contributed by atoms with Crippen LogP contribution in [0, 0.1) is 5.41 Å². The van der Waals surface area contributed by atoms with E-state index < -0.39 is 5.41 Å². The molecule has 3 aromatic rings. The normalized spacial score (nSPS) is 19.1. The number of carbonyl (C=O) groups excluding carboxylic acids is 2. The number of primary amides is 1. The molecule has 2 amide bonds. The average Bonchev–Trinajstić information content (AvgIpc) is 3.29. The Morgan fingerprint density at radius 1 is 1.10 bits per heavy atom. The number of carbonyl (C=O) groups is 2.